The van der Waals surface area contributed by atoms with Gasteiger partial charge < -0.3 is 15.5 Å². The first-order valence-electron chi connectivity index (χ1n) is 8.87. The highest BCUT2D eigenvalue weighted by atomic mass is 16.2. The van der Waals surface area contributed by atoms with Crippen LogP contribution in [0.25, 0.3) is 0 Å². The molecule has 24 heavy (non-hydrogen) atoms. The number of carbonyl (C=O) groups excluding carboxylic acids is 2. The Kier molecular flexibility index (Phi) is 6.22. The quantitative estimate of drug-likeness (QED) is 0.732. The van der Waals surface area contributed by atoms with Gasteiger partial charge in [-0.25, -0.2) is 0 Å². The zero-order valence-corrected chi connectivity index (χ0v) is 15.6. The number of piperidine rings is 1. The van der Waals surface area contributed by atoms with Crippen molar-refractivity contribution in [1.29, 1.82) is 0 Å². The number of hydrogen-bond acceptors (Lipinski definition) is 5. The molecule has 138 valence electrons. The second-order valence-electron chi connectivity index (χ2n) is 8.04. The van der Waals surface area contributed by atoms with Gasteiger partial charge in [0, 0.05) is 59.4 Å². The summed E-state index contributed by atoms with van der Waals surface area (Å²) in [5.41, 5.74) is 6.23. The largest absolute Gasteiger partial charge is 0.348 e. The van der Waals surface area contributed by atoms with Crippen LogP contribution in [0.3, 0.4) is 0 Å². The highest BCUT2D eigenvalue weighted by molar-refractivity contribution is 5.79. The molecule has 0 aliphatic carbocycles. The molecule has 2 aliphatic rings. The molecule has 2 heterocycles. The van der Waals surface area contributed by atoms with Crippen LogP contribution in [0.5, 0.6) is 0 Å². The number of likely N-dealkylation sites (N-methyl/N-ethyl adjacent to an activating group) is 1. The van der Waals surface area contributed by atoms with E-state index in [-0.39, 0.29) is 23.3 Å². The molecule has 0 aromatic rings. The smallest absolute Gasteiger partial charge is 0.236 e. The lowest BCUT2D eigenvalue weighted by atomic mass is 9.80. The summed E-state index contributed by atoms with van der Waals surface area (Å²) in [6.07, 6.45) is 0.945. The Labute approximate surface area is 145 Å². The summed E-state index contributed by atoms with van der Waals surface area (Å²) in [7, 11) is 3.54. The van der Waals surface area contributed by atoms with Gasteiger partial charge in [-0.1, -0.05) is 13.8 Å². The van der Waals surface area contributed by atoms with Gasteiger partial charge in [0.2, 0.25) is 11.8 Å². The third-order valence-electron chi connectivity index (χ3n) is 5.33. The van der Waals surface area contributed by atoms with Crippen LogP contribution < -0.4 is 5.73 Å². The molecule has 2 rings (SSSR count). The highest BCUT2D eigenvalue weighted by Crippen LogP contribution is 2.27. The molecule has 2 saturated heterocycles. The monoisotopic (exact) mass is 339 g/mol. The minimum Gasteiger partial charge on any atom is -0.348 e. The number of likely N-dealkylation sites (tertiary alicyclic amines) is 1. The molecule has 2 aliphatic heterocycles. The van der Waals surface area contributed by atoms with Gasteiger partial charge in [-0.2, -0.15) is 0 Å². The van der Waals surface area contributed by atoms with Crippen molar-refractivity contribution < 1.29 is 9.59 Å². The Bertz CT molecular complexity index is 458. The lowest BCUT2D eigenvalue weighted by Gasteiger charge is -2.43. The predicted octanol–water partition coefficient (Wildman–Crippen LogP) is -0.722. The predicted molar refractivity (Wildman–Crippen MR) is 94.5 cm³/mol. The van der Waals surface area contributed by atoms with E-state index in [4.69, 9.17) is 5.73 Å². The third-order valence-corrected chi connectivity index (χ3v) is 5.33. The highest BCUT2D eigenvalue weighted by Gasteiger charge is 2.34. The normalized spacial score (nSPS) is 25.5. The summed E-state index contributed by atoms with van der Waals surface area (Å²) >= 11 is 0. The Morgan fingerprint density at radius 2 is 1.67 bits per heavy atom. The Hall–Kier alpha value is -1.18. The fourth-order valence-electron chi connectivity index (χ4n) is 3.40. The zero-order chi connectivity index (χ0) is 17.9. The molecule has 2 N–H and O–H groups in total. The molecule has 7 heteroatoms. The molecule has 0 radical (unpaired) electrons. The van der Waals surface area contributed by atoms with E-state index in [1.165, 1.54) is 0 Å². The van der Waals surface area contributed by atoms with Crippen molar-refractivity contribution in [2.45, 2.75) is 26.3 Å². The Balaban J connectivity index is 1.76. The third kappa shape index (κ3) is 4.91. The van der Waals surface area contributed by atoms with E-state index in [1.807, 2.05) is 4.90 Å². The van der Waals surface area contributed by atoms with Crippen molar-refractivity contribution in [2.24, 2.45) is 11.1 Å². The maximum atomic E-state index is 12.6. The van der Waals surface area contributed by atoms with Crippen LogP contribution in [-0.2, 0) is 9.59 Å². The van der Waals surface area contributed by atoms with Crippen LogP contribution in [0.4, 0.5) is 0 Å². The second-order valence-corrected chi connectivity index (χ2v) is 8.04. The molecule has 1 atom stereocenters. The number of nitrogens with two attached hydrogens (primary N) is 1. The summed E-state index contributed by atoms with van der Waals surface area (Å²) in [6.45, 7) is 9.98. The first-order chi connectivity index (χ1) is 11.2. The molecule has 0 bridgehead atoms. The molecule has 0 saturated carbocycles. The van der Waals surface area contributed by atoms with E-state index in [0.717, 1.165) is 32.6 Å². The van der Waals surface area contributed by atoms with Gasteiger partial charge in [0.1, 0.15) is 0 Å². The van der Waals surface area contributed by atoms with Crippen molar-refractivity contribution in [1.82, 2.24) is 19.6 Å². The van der Waals surface area contributed by atoms with Gasteiger partial charge in [0.25, 0.3) is 0 Å². The van der Waals surface area contributed by atoms with Crippen molar-refractivity contribution in [3.63, 3.8) is 0 Å². The average Bonchev–Trinajstić information content (AvgIpc) is 2.51. The Morgan fingerprint density at radius 3 is 2.21 bits per heavy atom. The summed E-state index contributed by atoms with van der Waals surface area (Å²) in [5.74, 6) is 0.307. The number of rotatable bonds is 4. The molecule has 0 aromatic heterocycles. The first kappa shape index (κ1) is 19.1. The van der Waals surface area contributed by atoms with E-state index in [9.17, 15) is 9.59 Å². The van der Waals surface area contributed by atoms with Gasteiger partial charge in [-0.05, 0) is 11.8 Å². The molecule has 1 unspecified atom stereocenters. The van der Waals surface area contributed by atoms with Crippen LogP contribution in [0, 0.1) is 5.41 Å². The minimum absolute atomic E-state index is 0.0593. The summed E-state index contributed by atoms with van der Waals surface area (Å²) in [5, 5.41) is 0. The molecule has 2 fully saturated rings. The van der Waals surface area contributed by atoms with Crippen molar-refractivity contribution >= 4 is 11.8 Å². The van der Waals surface area contributed by atoms with Crippen LogP contribution in [0.1, 0.15) is 20.3 Å². The number of amides is 2. The van der Waals surface area contributed by atoms with E-state index in [0.29, 0.717) is 26.2 Å². The van der Waals surface area contributed by atoms with Crippen molar-refractivity contribution in [2.75, 3.05) is 66.5 Å². The van der Waals surface area contributed by atoms with Gasteiger partial charge in [0.15, 0.2) is 0 Å². The van der Waals surface area contributed by atoms with Crippen LogP contribution >= 0.6 is 0 Å². The van der Waals surface area contributed by atoms with Crippen LogP contribution in [-0.4, -0.2) is 104 Å². The van der Waals surface area contributed by atoms with Gasteiger partial charge >= 0.3 is 0 Å². The number of hydrogen-bond donors (Lipinski definition) is 1. The average molecular weight is 339 g/mol. The maximum absolute atomic E-state index is 12.6. The summed E-state index contributed by atoms with van der Waals surface area (Å²) < 4.78 is 0. The molecule has 0 spiro atoms. The van der Waals surface area contributed by atoms with E-state index < -0.39 is 0 Å². The van der Waals surface area contributed by atoms with Gasteiger partial charge in [0.05, 0.1) is 13.1 Å². The zero-order valence-electron chi connectivity index (χ0n) is 15.6. The molecule has 2 amide bonds. The van der Waals surface area contributed by atoms with Crippen LogP contribution in [0.2, 0.25) is 0 Å². The summed E-state index contributed by atoms with van der Waals surface area (Å²) in [6, 6.07) is 0.210. The first-order valence-corrected chi connectivity index (χ1v) is 8.87. The van der Waals surface area contributed by atoms with E-state index >= 15 is 0 Å². The fourth-order valence-corrected chi connectivity index (χ4v) is 3.40. The lowest BCUT2D eigenvalue weighted by molar-refractivity contribution is -0.135. The topological polar surface area (TPSA) is 73.1 Å². The van der Waals surface area contributed by atoms with Crippen LogP contribution in [0.15, 0.2) is 0 Å². The Morgan fingerprint density at radius 1 is 1.04 bits per heavy atom. The van der Waals surface area contributed by atoms with Gasteiger partial charge in [-0.3, -0.25) is 19.4 Å². The lowest BCUT2D eigenvalue weighted by Crippen LogP contribution is -2.56. The number of piperazine rings is 1. The molecular weight excluding hydrogens is 306 g/mol. The molecule has 0 aromatic carbocycles. The SMILES string of the molecule is CN(C)C(=O)CN1CCN(C(=O)CN2CCC(N)C(C)(C)C2)CC1. The molecule has 7 nitrogen and oxygen atoms in total. The molecular formula is C17H33N5O2. The minimum atomic E-state index is 0.0593. The summed E-state index contributed by atoms with van der Waals surface area (Å²) in [4.78, 5) is 32.2. The second kappa shape index (κ2) is 7.80. The fraction of sp³-hybridized carbons (Fsp3) is 0.882. The van der Waals surface area contributed by atoms with Gasteiger partial charge in [-0.15, -0.1) is 0 Å². The standard InChI is InChI=1S/C17H33N5O2/c1-17(2)13-21(6-5-14(17)18)12-16(24)22-9-7-20(8-10-22)11-15(23)19(3)4/h14H,5-13,18H2,1-4H3. The number of carbonyl (C=O) groups is 2. The van der Waals surface area contributed by atoms with E-state index in [1.54, 1.807) is 19.0 Å². The van der Waals surface area contributed by atoms with E-state index in [2.05, 4.69) is 23.6 Å². The van der Waals surface area contributed by atoms with Crippen molar-refractivity contribution in [3.05, 3.63) is 0 Å². The maximum Gasteiger partial charge on any atom is 0.236 e. The number of nitrogens with zero attached hydrogens (tertiary/aromatic N) is 4. The van der Waals surface area contributed by atoms with Crippen molar-refractivity contribution in [3.8, 4) is 0 Å².